The van der Waals surface area contributed by atoms with Gasteiger partial charge >= 0.3 is 0 Å². The predicted molar refractivity (Wildman–Crippen MR) is 87.9 cm³/mol. The molecule has 2 N–H and O–H groups in total. The monoisotopic (exact) mass is 336 g/mol. The summed E-state index contributed by atoms with van der Waals surface area (Å²) in [5.74, 6) is 2.42. The molecule has 2 aromatic rings. The number of thioether (sulfide) groups is 1. The Bertz CT molecular complexity index is 647. The number of nitrogens with one attached hydrogen (secondary N) is 2. The van der Waals surface area contributed by atoms with Gasteiger partial charge in [0.1, 0.15) is 5.82 Å². The van der Waals surface area contributed by atoms with Gasteiger partial charge in [-0.15, -0.1) is 5.10 Å². The lowest BCUT2D eigenvalue weighted by Crippen LogP contribution is -2.37. The van der Waals surface area contributed by atoms with Crippen molar-refractivity contribution in [3.63, 3.8) is 0 Å². The fourth-order valence-electron chi connectivity index (χ4n) is 1.81. The Morgan fingerprint density at radius 3 is 2.78 bits per heavy atom. The summed E-state index contributed by atoms with van der Waals surface area (Å²) in [6.45, 7) is 4.06. The third-order valence-corrected chi connectivity index (χ3v) is 3.80. The summed E-state index contributed by atoms with van der Waals surface area (Å²) in [6.07, 6.45) is -0.609. The topological polar surface area (TPSA) is 89.1 Å². The lowest BCUT2D eigenvalue weighted by atomic mass is 10.3. The molecule has 0 saturated carbocycles. The number of aryl methyl sites for hydroxylation is 1. The lowest BCUT2D eigenvalue weighted by molar-refractivity contribution is -0.127. The molecule has 0 radical (unpaired) electrons. The fourth-order valence-corrected chi connectivity index (χ4v) is 2.51. The molecule has 1 heterocycles. The Morgan fingerprint density at radius 2 is 2.13 bits per heavy atom. The molecule has 1 amide bonds. The maximum absolute atomic E-state index is 12.0. The molecule has 124 valence electrons. The maximum atomic E-state index is 12.0. The predicted octanol–water partition coefficient (Wildman–Crippen LogP) is 1.80. The normalized spacial score (nSPS) is 11.8. The molecule has 0 spiro atoms. The molecule has 0 saturated heterocycles. The van der Waals surface area contributed by atoms with Crippen LogP contribution in [0.1, 0.15) is 12.7 Å². The summed E-state index contributed by atoms with van der Waals surface area (Å²) in [6, 6.07) is 7.23. The maximum Gasteiger partial charge on any atom is 0.260 e. The first-order valence-corrected chi connectivity index (χ1v) is 8.18. The average Bonchev–Trinajstić information content (AvgIpc) is 2.97. The molecular formula is C15H20N4O3S. The van der Waals surface area contributed by atoms with Crippen molar-refractivity contribution in [1.82, 2.24) is 20.5 Å². The minimum Gasteiger partial charge on any atom is -0.493 e. The lowest BCUT2D eigenvalue weighted by Gasteiger charge is -2.16. The van der Waals surface area contributed by atoms with E-state index in [1.165, 1.54) is 11.8 Å². The highest BCUT2D eigenvalue weighted by molar-refractivity contribution is 7.99. The molecule has 0 aliphatic rings. The number of H-pyrrole nitrogens is 1. The van der Waals surface area contributed by atoms with E-state index < -0.39 is 6.10 Å². The van der Waals surface area contributed by atoms with Crippen molar-refractivity contribution in [2.45, 2.75) is 25.1 Å². The van der Waals surface area contributed by atoms with Gasteiger partial charge in [0.2, 0.25) is 5.16 Å². The first kappa shape index (κ1) is 17.1. The van der Waals surface area contributed by atoms with Gasteiger partial charge in [0.15, 0.2) is 17.6 Å². The van der Waals surface area contributed by atoms with E-state index >= 15 is 0 Å². The van der Waals surface area contributed by atoms with Gasteiger partial charge in [0.05, 0.1) is 7.11 Å². The van der Waals surface area contributed by atoms with Crippen LogP contribution in [0, 0.1) is 6.92 Å². The van der Waals surface area contributed by atoms with E-state index in [1.807, 2.05) is 19.1 Å². The second kappa shape index (κ2) is 8.42. The van der Waals surface area contributed by atoms with Gasteiger partial charge in [-0.3, -0.25) is 9.89 Å². The van der Waals surface area contributed by atoms with Gasteiger partial charge in [-0.05, 0) is 26.0 Å². The summed E-state index contributed by atoms with van der Waals surface area (Å²) in [7, 11) is 1.56. The van der Waals surface area contributed by atoms with E-state index in [0.29, 0.717) is 29.0 Å². The van der Waals surface area contributed by atoms with Crippen molar-refractivity contribution >= 4 is 17.7 Å². The second-order valence-corrected chi connectivity index (χ2v) is 5.82. The summed E-state index contributed by atoms with van der Waals surface area (Å²) >= 11 is 1.48. The zero-order valence-electron chi connectivity index (χ0n) is 13.3. The summed E-state index contributed by atoms with van der Waals surface area (Å²) in [5, 5.41) is 10.3. The van der Waals surface area contributed by atoms with Crippen LogP contribution in [-0.4, -0.2) is 46.6 Å². The Labute approximate surface area is 139 Å². The number of hydrogen-bond donors (Lipinski definition) is 2. The van der Waals surface area contributed by atoms with Crippen molar-refractivity contribution in [3.05, 3.63) is 30.1 Å². The van der Waals surface area contributed by atoms with E-state index in [0.717, 1.165) is 5.82 Å². The molecule has 0 fully saturated rings. The van der Waals surface area contributed by atoms with Crippen LogP contribution in [0.4, 0.5) is 0 Å². The molecule has 1 atom stereocenters. The number of aromatic amines is 1. The standard InChI is InChI=1S/C15H20N4O3S/c1-10(22-13-7-5-4-6-12(13)21-3)14(20)16-8-9-23-15-17-11(2)18-19-15/h4-7,10H,8-9H2,1-3H3,(H,16,20)(H,17,18,19). The molecule has 0 aliphatic carbocycles. The highest BCUT2D eigenvalue weighted by Crippen LogP contribution is 2.26. The number of nitrogens with zero attached hydrogens (tertiary/aromatic N) is 2. The third-order valence-electron chi connectivity index (χ3n) is 2.95. The molecule has 7 nitrogen and oxygen atoms in total. The Kier molecular flexibility index (Phi) is 6.28. The summed E-state index contributed by atoms with van der Waals surface area (Å²) in [5.41, 5.74) is 0. The molecule has 0 bridgehead atoms. The molecule has 1 aromatic carbocycles. The zero-order chi connectivity index (χ0) is 16.7. The second-order valence-electron chi connectivity index (χ2n) is 4.75. The van der Waals surface area contributed by atoms with Crippen LogP contribution in [0.5, 0.6) is 11.5 Å². The summed E-state index contributed by atoms with van der Waals surface area (Å²) < 4.78 is 10.8. The van der Waals surface area contributed by atoms with Crippen molar-refractivity contribution in [2.24, 2.45) is 0 Å². The highest BCUT2D eigenvalue weighted by Gasteiger charge is 2.16. The van der Waals surface area contributed by atoms with E-state index in [2.05, 4.69) is 20.5 Å². The zero-order valence-corrected chi connectivity index (χ0v) is 14.1. The van der Waals surface area contributed by atoms with Gasteiger partial charge in [0.25, 0.3) is 5.91 Å². The third kappa shape index (κ3) is 5.17. The van der Waals surface area contributed by atoms with Crippen LogP contribution in [0.2, 0.25) is 0 Å². The largest absolute Gasteiger partial charge is 0.493 e. The minimum atomic E-state index is -0.609. The van der Waals surface area contributed by atoms with Crippen LogP contribution < -0.4 is 14.8 Å². The fraction of sp³-hybridized carbons (Fsp3) is 0.400. The number of carbonyl (C=O) groups excluding carboxylic acids is 1. The van der Waals surface area contributed by atoms with Crippen LogP contribution in [-0.2, 0) is 4.79 Å². The van der Waals surface area contributed by atoms with E-state index in [9.17, 15) is 4.79 Å². The molecule has 1 unspecified atom stereocenters. The first-order valence-electron chi connectivity index (χ1n) is 7.19. The SMILES string of the molecule is COc1ccccc1OC(C)C(=O)NCCSc1n[nH]c(C)n1. The number of hydrogen-bond acceptors (Lipinski definition) is 6. The molecular weight excluding hydrogens is 316 g/mol. The molecule has 8 heteroatoms. The summed E-state index contributed by atoms with van der Waals surface area (Å²) in [4.78, 5) is 16.2. The van der Waals surface area contributed by atoms with E-state index in [4.69, 9.17) is 9.47 Å². The van der Waals surface area contributed by atoms with Crippen LogP contribution >= 0.6 is 11.8 Å². The van der Waals surface area contributed by atoms with Crippen molar-refractivity contribution in [1.29, 1.82) is 0 Å². The van der Waals surface area contributed by atoms with Crippen LogP contribution in [0.3, 0.4) is 0 Å². The van der Waals surface area contributed by atoms with Gasteiger partial charge < -0.3 is 14.8 Å². The quantitative estimate of drug-likeness (QED) is 0.564. The number of rotatable bonds is 8. The highest BCUT2D eigenvalue weighted by atomic mass is 32.2. The first-order chi connectivity index (χ1) is 11.1. The Hall–Kier alpha value is -2.22. The number of methoxy groups -OCH3 is 1. The van der Waals surface area contributed by atoms with Crippen molar-refractivity contribution < 1.29 is 14.3 Å². The molecule has 23 heavy (non-hydrogen) atoms. The molecule has 0 aliphatic heterocycles. The van der Waals surface area contributed by atoms with Crippen molar-refractivity contribution in [2.75, 3.05) is 19.4 Å². The van der Waals surface area contributed by atoms with Crippen LogP contribution in [0.25, 0.3) is 0 Å². The number of benzene rings is 1. The van der Waals surface area contributed by atoms with Gasteiger partial charge in [-0.25, -0.2) is 4.98 Å². The smallest absolute Gasteiger partial charge is 0.260 e. The number of para-hydroxylation sites is 2. The van der Waals surface area contributed by atoms with E-state index in [-0.39, 0.29) is 5.91 Å². The average molecular weight is 336 g/mol. The van der Waals surface area contributed by atoms with E-state index in [1.54, 1.807) is 26.2 Å². The number of carbonyl (C=O) groups is 1. The van der Waals surface area contributed by atoms with Gasteiger partial charge in [-0.1, -0.05) is 23.9 Å². The number of ether oxygens (including phenoxy) is 2. The molecule has 1 aromatic heterocycles. The Morgan fingerprint density at radius 1 is 1.39 bits per heavy atom. The van der Waals surface area contributed by atoms with Crippen LogP contribution in [0.15, 0.2) is 29.4 Å². The van der Waals surface area contributed by atoms with Gasteiger partial charge in [-0.2, -0.15) is 0 Å². The van der Waals surface area contributed by atoms with Gasteiger partial charge in [0, 0.05) is 12.3 Å². The van der Waals surface area contributed by atoms with Crippen molar-refractivity contribution in [3.8, 4) is 11.5 Å². The number of aromatic nitrogens is 3. The molecule has 2 rings (SSSR count). The minimum absolute atomic E-state index is 0.178. The Balaban J connectivity index is 1.74. The number of amides is 1.